The maximum atomic E-state index is 11.4. The topological polar surface area (TPSA) is 66.2 Å². The van der Waals surface area contributed by atoms with Gasteiger partial charge in [0.15, 0.2) is 0 Å². The molecule has 0 atom stereocenters. The van der Waals surface area contributed by atoms with Crippen LogP contribution < -0.4 is 0 Å². The molecule has 0 fully saturated rings. The fourth-order valence-electron chi connectivity index (χ4n) is 15.0. The number of benzene rings is 12. The zero-order chi connectivity index (χ0) is 62.2. The predicted octanol–water partition coefficient (Wildman–Crippen LogP) is 22.3. The third-order valence-corrected chi connectivity index (χ3v) is 19.3. The number of aromatic nitrogens is 2. The quantitative estimate of drug-likeness (QED) is 0.156. The molecule has 0 unspecified atom stereocenters. The minimum Gasteiger partial charge on any atom is -0.318 e. The van der Waals surface area contributed by atoms with Gasteiger partial charge in [-0.1, -0.05) is 199 Å². The van der Waals surface area contributed by atoms with E-state index in [1.807, 2.05) is 36.4 Å². The fraction of sp³-hybridized carbons (Fsp3) is 0.106. The van der Waals surface area contributed by atoms with Crippen molar-refractivity contribution >= 4 is 55.0 Å². The number of nitrogens with zero attached hydrogens (tertiary/aromatic N) is 6. The van der Waals surface area contributed by atoms with Crippen LogP contribution in [0.1, 0.15) is 86.1 Å². The van der Waals surface area contributed by atoms with Gasteiger partial charge in [0.25, 0.3) is 0 Å². The van der Waals surface area contributed by atoms with Gasteiger partial charge in [-0.2, -0.15) is 10.5 Å². The lowest BCUT2D eigenvalue weighted by Crippen LogP contribution is -2.26. The Labute approximate surface area is 529 Å². The largest absolute Gasteiger partial charge is 0.318 e. The number of rotatable bonds is 6. The highest BCUT2D eigenvalue weighted by atomic mass is 15.0. The Morgan fingerprint density at radius 3 is 1.05 bits per heavy atom. The second kappa shape index (κ2) is 20.1. The van der Waals surface area contributed by atoms with E-state index in [4.69, 9.17) is 13.1 Å². The molecule has 2 aromatic heterocycles. The molecule has 0 amide bonds. The summed E-state index contributed by atoms with van der Waals surface area (Å²) in [4.78, 5) is 8.53. The van der Waals surface area contributed by atoms with E-state index in [1.54, 1.807) is 0 Å². The average Bonchev–Trinajstić information content (AvgIpc) is 1.51. The van der Waals surface area contributed by atoms with Crippen LogP contribution in [-0.4, -0.2) is 9.13 Å². The van der Waals surface area contributed by atoms with Crippen molar-refractivity contribution in [3.05, 3.63) is 310 Å². The maximum absolute atomic E-state index is 11.4. The smallest absolute Gasteiger partial charge is 0.212 e. The van der Waals surface area contributed by atoms with Crippen molar-refractivity contribution in [1.82, 2.24) is 9.13 Å². The van der Waals surface area contributed by atoms with E-state index in [0.29, 0.717) is 33.9 Å². The van der Waals surface area contributed by atoms with E-state index in [0.717, 1.165) is 133 Å². The molecule has 12 aromatic carbocycles. The summed E-state index contributed by atoms with van der Waals surface area (Å²) in [6, 6.07) is 90.7. The summed E-state index contributed by atoms with van der Waals surface area (Å²) in [6.45, 7) is 31.1. The lowest BCUT2D eigenvalue weighted by molar-refractivity contribution is 0.591. The summed E-state index contributed by atoms with van der Waals surface area (Å²) in [5.74, 6) is 0. The molecule has 428 valence electrons. The Morgan fingerprint density at radius 1 is 0.330 bits per heavy atom. The SMILES string of the molecule is [C-]#[N+]c1cc(-c2ccc3c(c2)C2(c4ccccc4-3)c3ccccc3-c3ccc(-c4cc(C#N)c(-n5c6ccc(-c7ccccc7)cc6c6cc(C(C)(C)C)ccc65)c([N+]#[C-])c4)cc32)cc(C#N)c1-n1c2ccc(-c3ccccc3)cc2c2cc(C(C)(C)C)ccc21. The molecule has 2 aliphatic carbocycles. The normalized spacial score (nSPS) is 12.8. The highest BCUT2D eigenvalue weighted by molar-refractivity contribution is 6.13. The molecule has 14 aromatic rings. The third kappa shape index (κ3) is 8.14. The van der Waals surface area contributed by atoms with Crippen molar-refractivity contribution in [3.8, 4) is 90.3 Å². The predicted molar refractivity (Wildman–Crippen MR) is 373 cm³/mol. The van der Waals surface area contributed by atoms with Crippen molar-refractivity contribution in [2.24, 2.45) is 0 Å². The van der Waals surface area contributed by atoms with Gasteiger partial charge < -0.3 is 9.13 Å². The monoisotopic (exact) mass is 1160 g/mol. The summed E-state index contributed by atoms with van der Waals surface area (Å²) in [6.07, 6.45) is 0. The minimum absolute atomic E-state index is 0.109. The summed E-state index contributed by atoms with van der Waals surface area (Å²) in [5.41, 5.74) is 24.5. The lowest BCUT2D eigenvalue weighted by Gasteiger charge is -2.31. The average molecular weight is 1160 g/mol. The molecular weight excluding hydrogens is 1100 g/mol. The molecule has 16 rings (SSSR count). The third-order valence-electron chi connectivity index (χ3n) is 19.3. The number of fused-ring (bicyclic) bond motifs is 16. The Balaban J connectivity index is 0.861. The number of nitriles is 2. The van der Waals surface area contributed by atoms with Gasteiger partial charge in [-0.05, 0) is 196 Å². The van der Waals surface area contributed by atoms with Gasteiger partial charge in [-0.3, -0.25) is 0 Å². The Kier molecular flexibility index (Phi) is 12.1. The van der Waals surface area contributed by atoms with Crippen LogP contribution in [0, 0.1) is 35.8 Å². The van der Waals surface area contributed by atoms with Crippen molar-refractivity contribution in [3.63, 3.8) is 0 Å². The first-order chi connectivity index (χ1) is 44.2. The summed E-state index contributed by atoms with van der Waals surface area (Å²) < 4.78 is 4.25. The van der Waals surface area contributed by atoms with Crippen molar-refractivity contribution in [1.29, 1.82) is 10.5 Å². The van der Waals surface area contributed by atoms with Crippen LogP contribution in [-0.2, 0) is 16.2 Å². The van der Waals surface area contributed by atoms with E-state index in [1.165, 1.54) is 11.1 Å². The Bertz CT molecular complexity index is 5230. The molecule has 0 saturated heterocycles. The first-order valence-electron chi connectivity index (χ1n) is 30.9. The molecule has 91 heavy (non-hydrogen) atoms. The van der Waals surface area contributed by atoms with E-state index in [2.05, 4.69) is 279 Å². The van der Waals surface area contributed by atoms with Crippen LogP contribution in [0.15, 0.2) is 243 Å². The van der Waals surface area contributed by atoms with Gasteiger partial charge in [-0.25, -0.2) is 9.69 Å². The van der Waals surface area contributed by atoms with E-state index in [-0.39, 0.29) is 10.8 Å². The number of hydrogen-bond donors (Lipinski definition) is 0. The standard InChI is InChI=1S/C85H58N6/c1-83(2,3)61-31-37-79-69(47-61)67-41-53(51-19-11-9-12-20-51)29-35-77(67)90(79)81-59(49-86)39-57(45-75(81)88-7)55-27-33-65-63-23-15-17-25-71(63)85(73(65)43-55)72-26-18-16-24-64(72)66-34-28-56(44-74(66)85)58-40-60(50-87)82(76(46-58)89-8)91-78-36-30-54(52-21-13-10-14-22-52)42-68(78)70-48-62(84(4,5)6)32-38-80(70)91/h9-48H,1-6H3. The molecular formula is C85H58N6. The summed E-state index contributed by atoms with van der Waals surface area (Å²) in [5, 5.41) is 27.0. The summed E-state index contributed by atoms with van der Waals surface area (Å²) in [7, 11) is 0. The molecule has 0 aliphatic heterocycles. The van der Waals surface area contributed by atoms with Crippen molar-refractivity contribution in [2.45, 2.75) is 57.8 Å². The second-order valence-electron chi connectivity index (χ2n) is 26.4. The van der Waals surface area contributed by atoms with E-state index >= 15 is 0 Å². The van der Waals surface area contributed by atoms with Gasteiger partial charge in [-0.15, -0.1) is 0 Å². The zero-order valence-electron chi connectivity index (χ0n) is 51.3. The Morgan fingerprint density at radius 2 is 0.670 bits per heavy atom. The number of hydrogen-bond acceptors (Lipinski definition) is 2. The van der Waals surface area contributed by atoms with Crippen molar-refractivity contribution < 1.29 is 0 Å². The molecule has 0 N–H and O–H groups in total. The minimum atomic E-state index is -0.786. The molecule has 2 heterocycles. The van der Waals surface area contributed by atoms with E-state index in [9.17, 15) is 10.5 Å². The first-order valence-corrected chi connectivity index (χ1v) is 30.9. The highest BCUT2D eigenvalue weighted by Crippen LogP contribution is 2.64. The van der Waals surface area contributed by atoms with Gasteiger partial charge in [0, 0.05) is 21.5 Å². The molecule has 0 saturated carbocycles. The van der Waals surface area contributed by atoms with Crippen LogP contribution in [0.4, 0.5) is 11.4 Å². The van der Waals surface area contributed by atoms with Crippen LogP contribution in [0.3, 0.4) is 0 Å². The molecule has 0 bridgehead atoms. The second-order valence-corrected chi connectivity index (χ2v) is 26.4. The maximum Gasteiger partial charge on any atom is 0.212 e. The highest BCUT2D eigenvalue weighted by Gasteiger charge is 2.52. The molecule has 2 aliphatic rings. The van der Waals surface area contributed by atoms with E-state index < -0.39 is 5.41 Å². The molecule has 6 nitrogen and oxygen atoms in total. The van der Waals surface area contributed by atoms with Crippen LogP contribution in [0.5, 0.6) is 0 Å². The van der Waals surface area contributed by atoms with Gasteiger partial charge in [0.2, 0.25) is 11.4 Å². The molecule has 0 radical (unpaired) electrons. The van der Waals surface area contributed by atoms with Gasteiger partial charge in [0.05, 0.1) is 75.3 Å². The van der Waals surface area contributed by atoms with Crippen molar-refractivity contribution in [2.75, 3.05) is 0 Å². The molecule has 1 spiro atoms. The fourth-order valence-corrected chi connectivity index (χ4v) is 15.0. The molecule has 6 heteroatoms. The van der Waals surface area contributed by atoms with Gasteiger partial charge in [0.1, 0.15) is 0 Å². The van der Waals surface area contributed by atoms with Crippen LogP contribution >= 0.6 is 0 Å². The zero-order valence-corrected chi connectivity index (χ0v) is 51.3. The van der Waals surface area contributed by atoms with Gasteiger partial charge >= 0.3 is 0 Å². The lowest BCUT2D eigenvalue weighted by atomic mass is 9.70. The van der Waals surface area contributed by atoms with Crippen LogP contribution in [0.25, 0.3) is 131 Å². The summed E-state index contributed by atoms with van der Waals surface area (Å²) >= 11 is 0. The first kappa shape index (κ1) is 54.6. The van der Waals surface area contributed by atoms with Crippen LogP contribution in [0.2, 0.25) is 0 Å². The Hall–Kier alpha value is -11.8.